The van der Waals surface area contributed by atoms with Gasteiger partial charge in [-0.1, -0.05) is 24.3 Å². The molecule has 1 rings (SSSR count). The Kier molecular flexibility index (Phi) is 6.08. The van der Waals surface area contributed by atoms with Gasteiger partial charge in [0.25, 0.3) is 0 Å². The summed E-state index contributed by atoms with van der Waals surface area (Å²) in [6.07, 6.45) is 0.578. The molecular weight excluding hydrogens is 202 g/mol. The fourth-order valence-corrected chi connectivity index (χ4v) is 1.63. The maximum Gasteiger partial charge on any atom is 0.0897 e. The van der Waals surface area contributed by atoms with E-state index in [9.17, 15) is 5.11 Å². The quantitative estimate of drug-likeness (QED) is 0.681. The molecule has 0 spiro atoms. The number of ether oxygens (including phenoxy) is 1. The van der Waals surface area contributed by atoms with Crippen LogP contribution in [-0.2, 0) is 11.2 Å². The van der Waals surface area contributed by atoms with Crippen molar-refractivity contribution in [3.8, 4) is 0 Å². The van der Waals surface area contributed by atoms with Crippen molar-refractivity contribution >= 4 is 0 Å². The SMILES string of the molecule is COCC(O)CNCCc1ccccc1C. The van der Waals surface area contributed by atoms with E-state index in [4.69, 9.17) is 4.74 Å². The number of benzene rings is 1. The van der Waals surface area contributed by atoms with Crippen molar-refractivity contribution in [2.45, 2.75) is 19.4 Å². The Balaban J connectivity index is 2.19. The molecule has 0 fully saturated rings. The van der Waals surface area contributed by atoms with Gasteiger partial charge in [-0.15, -0.1) is 0 Å². The molecule has 0 aliphatic rings. The Morgan fingerprint density at radius 1 is 1.38 bits per heavy atom. The van der Waals surface area contributed by atoms with E-state index in [2.05, 4.69) is 36.5 Å². The number of aryl methyl sites for hydroxylation is 1. The van der Waals surface area contributed by atoms with Gasteiger partial charge in [0, 0.05) is 13.7 Å². The summed E-state index contributed by atoms with van der Waals surface area (Å²) in [5.41, 5.74) is 2.68. The molecule has 1 aromatic carbocycles. The molecule has 3 nitrogen and oxygen atoms in total. The normalized spacial score (nSPS) is 12.7. The molecular formula is C13H21NO2. The molecule has 0 aliphatic heterocycles. The average molecular weight is 223 g/mol. The van der Waals surface area contributed by atoms with Crippen LogP contribution in [0.4, 0.5) is 0 Å². The molecule has 0 saturated carbocycles. The average Bonchev–Trinajstić information content (AvgIpc) is 2.27. The zero-order valence-electron chi connectivity index (χ0n) is 10.1. The van der Waals surface area contributed by atoms with E-state index in [0.29, 0.717) is 13.2 Å². The summed E-state index contributed by atoms with van der Waals surface area (Å²) in [7, 11) is 1.59. The third kappa shape index (κ3) is 4.75. The van der Waals surface area contributed by atoms with E-state index >= 15 is 0 Å². The fraction of sp³-hybridized carbons (Fsp3) is 0.538. The summed E-state index contributed by atoms with van der Waals surface area (Å²) < 4.78 is 4.85. The second-order valence-corrected chi connectivity index (χ2v) is 3.99. The first-order valence-corrected chi connectivity index (χ1v) is 5.66. The van der Waals surface area contributed by atoms with Crippen molar-refractivity contribution in [2.75, 3.05) is 26.8 Å². The second-order valence-electron chi connectivity index (χ2n) is 3.99. The molecule has 0 aromatic heterocycles. The number of hydrogen-bond acceptors (Lipinski definition) is 3. The Morgan fingerprint density at radius 2 is 2.12 bits per heavy atom. The predicted octanol–water partition coefficient (Wildman–Crippen LogP) is 1.13. The molecule has 1 unspecified atom stereocenters. The highest BCUT2D eigenvalue weighted by Gasteiger charge is 2.02. The zero-order chi connectivity index (χ0) is 11.8. The Bertz CT molecular complexity index is 302. The standard InChI is InChI=1S/C13H21NO2/c1-11-5-3-4-6-12(11)7-8-14-9-13(15)10-16-2/h3-6,13-15H,7-10H2,1-2H3. The van der Waals surface area contributed by atoms with Gasteiger partial charge in [-0.2, -0.15) is 0 Å². The van der Waals surface area contributed by atoms with E-state index in [0.717, 1.165) is 13.0 Å². The van der Waals surface area contributed by atoms with Gasteiger partial charge >= 0.3 is 0 Å². The van der Waals surface area contributed by atoms with Crippen molar-refractivity contribution in [1.82, 2.24) is 5.32 Å². The number of hydrogen-bond donors (Lipinski definition) is 2. The lowest BCUT2D eigenvalue weighted by Gasteiger charge is -2.11. The highest BCUT2D eigenvalue weighted by molar-refractivity contribution is 5.25. The molecule has 2 N–H and O–H groups in total. The Morgan fingerprint density at radius 3 is 2.81 bits per heavy atom. The van der Waals surface area contributed by atoms with Crippen molar-refractivity contribution < 1.29 is 9.84 Å². The summed E-state index contributed by atoms with van der Waals surface area (Å²) in [4.78, 5) is 0. The minimum atomic E-state index is -0.415. The fourth-order valence-electron chi connectivity index (χ4n) is 1.63. The monoisotopic (exact) mass is 223 g/mol. The topological polar surface area (TPSA) is 41.5 Å². The van der Waals surface area contributed by atoms with Crippen molar-refractivity contribution in [1.29, 1.82) is 0 Å². The van der Waals surface area contributed by atoms with Gasteiger partial charge in [-0.05, 0) is 31.0 Å². The number of aliphatic hydroxyl groups excluding tert-OH is 1. The lowest BCUT2D eigenvalue weighted by molar-refractivity contribution is 0.0648. The van der Waals surface area contributed by atoms with E-state index < -0.39 is 6.10 Å². The third-order valence-electron chi connectivity index (χ3n) is 2.57. The van der Waals surface area contributed by atoms with Gasteiger partial charge in [-0.3, -0.25) is 0 Å². The maximum absolute atomic E-state index is 9.41. The summed E-state index contributed by atoms with van der Waals surface area (Å²) in [5.74, 6) is 0. The van der Waals surface area contributed by atoms with Crippen LogP contribution in [-0.4, -0.2) is 38.0 Å². The van der Waals surface area contributed by atoms with Crippen LogP contribution in [0.1, 0.15) is 11.1 Å². The largest absolute Gasteiger partial charge is 0.389 e. The highest BCUT2D eigenvalue weighted by atomic mass is 16.5. The van der Waals surface area contributed by atoms with Gasteiger partial charge in [-0.25, -0.2) is 0 Å². The summed E-state index contributed by atoms with van der Waals surface area (Å²) in [6, 6.07) is 8.37. The summed E-state index contributed by atoms with van der Waals surface area (Å²) in [6.45, 7) is 3.97. The van der Waals surface area contributed by atoms with Crippen LogP contribution in [0.15, 0.2) is 24.3 Å². The molecule has 1 aromatic rings. The first-order valence-electron chi connectivity index (χ1n) is 5.66. The van der Waals surface area contributed by atoms with Crippen molar-refractivity contribution in [3.05, 3.63) is 35.4 Å². The zero-order valence-corrected chi connectivity index (χ0v) is 10.1. The molecule has 16 heavy (non-hydrogen) atoms. The molecule has 0 saturated heterocycles. The van der Waals surface area contributed by atoms with E-state index in [1.807, 2.05) is 0 Å². The number of nitrogens with one attached hydrogen (secondary N) is 1. The third-order valence-corrected chi connectivity index (χ3v) is 2.57. The minimum absolute atomic E-state index is 0.386. The molecule has 0 amide bonds. The van der Waals surface area contributed by atoms with Crippen molar-refractivity contribution in [2.24, 2.45) is 0 Å². The molecule has 0 bridgehead atoms. The molecule has 1 atom stereocenters. The van der Waals surface area contributed by atoms with Gasteiger partial charge < -0.3 is 15.2 Å². The highest BCUT2D eigenvalue weighted by Crippen LogP contribution is 2.06. The molecule has 90 valence electrons. The smallest absolute Gasteiger partial charge is 0.0897 e. The first-order chi connectivity index (χ1) is 7.74. The Hall–Kier alpha value is -0.900. The van der Waals surface area contributed by atoms with E-state index in [-0.39, 0.29) is 0 Å². The van der Waals surface area contributed by atoms with Crippen LogP contribution in [0.25, 0.3) is 0 Å². The summed E-state index contributed by atoms with van der Waals surface area (Å²) >= 11 is 0. The molecule has 0 radical (unpaired) electrons. The molecule has 0 heterocycles. The van der Waals surface area contributed by atoms with Gasteiger partial charge in [0.1, 0.15) is 0 Å². The van der Waals surface area contributed by atoms with Crippen LogP contribution >= 0.6 is 0 Å². The predicted molar refractivity (Wildman–Crippen MR) is 65.6 cm³/mol. The Labute approximate surface area is 97.4 Å². The number of aliphatic hydroxyl groups is 1. The van der Waals surface area contributed by atoms with Crippen LogP contribution in [0, 0.1) is 6.92 Å². The van der Waals surface area contributed by atoms with E-state index in [1.165, 1.54) is 11.1 Å². The first kappa shape index (κ1) is 13.2. The van der Waals surface area contributed by atoms with Crippen molar-refractivity contribution in [3.63, 3.8) is 0 Å². The molecule has 0 aliphatic carbocycles. The van der Waals surface area contributed by atoms with Gasteiger partial charge in [0.05, 0.1) is 12.7 Å². The van der Waals surface area contributed by atoms with Crippen LogP contribution in [0.3, 0.4) is 0 Å². The second kappa shape index (κ2) is 7.39. The van der Waals surface area contributed by atoms with Crippen LogP contribution in [0.2, 0.25) is 0 Å². The summed E-state index contributed by atoms with van der Waals surface area (Å²) in [5, 5.41) is 12.6. The maximum atomic E-state index is 9.41. The lowest BCUT2D eigenvalue weighted by Crippen LogP contribution is -2.31. The van der Waals surface area contributed by atoms with Gasteiger partial charge in [0.2, 0.25) is 0 Å². The van der Waals surface area contributed by atoms with Crippen LogP contribution < -0.4 is 5.32 Å². The molecule has 3 heteroatoms. The number of rotatable bonds is 7. The van der Waals surface area contributed by atoms with Crippen LogP contribution in [0.5, 0.6) is 0 Å². The number of methoxy groups -OCH3 is 1. The van der Waals surface area contributed by atoms with E-state index in [1.54, 1.807) is 7.11 Å². The lowest BCUT2D eigenvalue weighted by atomic mass is 10.1. The van der Waals surface area contributed by atoms with Gasteiger partial charge in [0.15, 0.2) is 0 Å². The minimum Gasteiger partial charge on any atom is -0.389 e.